The first-order chi connectivity index (χ1) is 22.0. The number of hydrogen-bond donors (Lipinski definition) is 0. The van der Waals surface area contributed by atoms with E-state index in [2.05, 4.69) is 27.3 Å². The van der Waals surface area contributed by atoms with E-state index < -0.39 is 6.04 Å². The van der Waals surface area contributed by atoms with Gasteiger partial charge in [0.1, 0.15) is 6.04 Å². The van der Waals surface area contributed by atoms with E-state index >= 15 is 0 Å². The maximum atomic E-state index is 14.5. The highest BCUT2D eigenvalue weighted by atomic mass is 16.2. The van der Waals surface area contributed by atoms with Crippen molar-refractivity contribution in [3.8, 4) is 11.3 Å². The molecule has 45 heavy (non-hydrogen) atoms. The monoisotopic (exact) mass is 593 g/mol. The molecule has 0 saturated heterocycles. The maximum Gasteiger partial charge on any atom is 0.247 e. The van der Waals surface area contributed by atoms with Crippen LogP contribution in [0.25, 0.3) is 17.3 Å². The van der Waals surface area contributed by atoms with Gasteiger partial charge in [-0.15, -0.1) is 0 Å². The highest BCUT2D eigenvalue weighted by Crippen LogP contribution is 2.24. The maximum absolute atomic E-state index is 14.5. The zero-order chi connectivity index (χ0) is 31.0. The molecule has 2 amide bonds. The van der Waals surface area contributed by atoms with Crippen LogP contribution in [-0.2, 0) is 35.5 Å². The molecule has 0 fully saturated rings. The van der Waals surface area contributed by atoms with Gasteiger partial charge in [-0.2, -0.15) is 10.2 Å². The van der Waals surface area contributed by atoms with Gasteiger partial charge in [0.05, 0.1) is 11.4 Å². The van der Waals surface area contributed by atoms with Gasteiger partial charge in [-0.25, -0.2) is 0 Å². The number of carbonyl (C=O) groups is 2. The number of nitrogens with zero attached hydrogens (tertiary/aromatic N) is 5. The van der Waals surface area contributed by atoms with E-state index in [1.54, 1.807) is 23.4 Å². The van der Waals surface area contributed by atoms with E-state index in [1.165, 1.54) is 11.6 Å². The summed E-state index contributed by atoms with van der Waals surface area (Å²) >= 11 is 0. The summed E-state index contributed by atoms with van der Waals surface area (Å²) in [5.41, 5.74) is 7.75. The molecule has 5 aromatic rings. The molecule has 0 unspecified atom stereocenters. The van der Waals surface area contributed by atoms with Crippen molar-refractivity contribution in [2.45, 2.75) is 38.9 Å². The van der Waals surface area contributed by atoms with Gasteiger partial charge in [-0.05, 0) is 65.4 Å². The smallest absolute Gasteiger partial charge is 0.247 e. The van der Waals surface area contributed by atoms with E-state index in [9.17, 15) is 9.59 Å². The number of aromatic nitrogens is 3. The Labute approximate surface area is 263 Å². The lowest BCUT2D eigenvalue weighted by molar-refractivity contribution is -0.144. The molecule has 3 aromatic carbocycles. The van der Waals surface area contributed by atoms with Crippen LogP contribution in [0.2, 0.25) is 0 Å². The minimum Gasteiger partial charge on any atom is -0.336 e. The second-order valence-corrected chi connectivity index (χ2v) is 11.3. The van der Waals surface area contributed by atoms with Gasteiger partial charge in [0.15, 0.2) is 0 Å². The average Bonchev–Trinajstić information content (AvgIpc) is 3.10. The summed E-state index contributed by atoms with van der Waals surface area (Å²) < 4.78 is 0. The fourth-order valence-corrected chi connectivity index (χ4v) is 5.67. The van der Waals surface area contributed by atoms with Crippen molar-refractivity contribution >= 4 is 17.9 Å². The Hall–Kier alpha value is -5.43. The van der Waals surface area contributed by atoms with Crippen molar-refractivity contribution < 1.29 is 9.59 Å². The Morgan fingerprint density at radius 3 is 2.38 bits per heavy atom. The molecule has 0 spiro atoms. The van der Waals surface area contributed by atoms with Gasteiger partial charge >= 0.3 is 0 Å². The molecule has 0 aliphatic carbocycles. The van der Waals surface area contributed by atoms with Crippen LogP contribution in [-0.4, -0.2) is 49.4 Å². The molecule has 3 heterocycles. The first kappa shape index (κ1) is 29.6. The zero-order valence-electron chi connectivity index (χ0n) is 25.3. The normalized spacial score (nSPS) is 13.3. The number of carbonyl (C=O) groups excluding carboxylic acids is 2. The van der Waals surface area contributed by atoms with E-state index in [-0.39, 0.29) is 18.4 Å². The van der Waals surface area contributed by atoms with Crippen LogP contribution >= 0.6 is 0 Å². The fraction of sp³-hybridized carbons (Fsp3) is 0.184. The topological polar surface area (TPSA) is 79.3 Å². The molecule has 0 radical (unpaired) electrons. The number of aryl methyl sites for hydroxylation is 1. The van der Waals surface area contributed by atoms with E-state index in [0.29, 0.717) is 25.2 Å². The Balaban J connectivity index is 1.34. The second-order valence-electron chi connectivity index (χ2n) is 11.3. The summed E-state index contributed by atoms with van der Waals surface area (Å²) in [6.45, 7) is 3.37. The van der Waals surface area contributed by atoms with Crippen molar-refractivity contribution in [3.63, 3.8) is 0 Å². The van der Waals surface area contributed by atoms with Crippen LogP contribution in [0.3, 0.4) is 0 Å². The highest BCUT2D eigenvalue weighted by Gasteiger charge is 2.34. The van der Waals surface area contributed by atoms with Gasteiger partial charge < -0.3 is 9.80 Å². The number of amides is 2. The molecule has 1 aliphatic heterocycles. The fourth-order valence-electron chi connectivity index (χ4n) is 5.67. The van der Waals surface area contributed by atoms with Gasteiger partial charge in [0, 0.05) is 50.1 Å². The van der Waals surface area contributed by atoms with Crippen LogP contribution in [0.4, 0.5) is 0 Å². The molecule has 1 aliphatic rings. The summed E-state index contributed by atoms with van der Waals surface area (Å²) in [6.07, 6.45) is 7.85. The molecular formula is C38H35N5O2. The quantitative estimate of drug-likeness (QED) is 0.194. The number of pyridine rings is 1. The van der Waals surface area contributed by atoms with Crippen molar-refractivity contribution in [2.24, 2.45) is 0 Å². The van der Waals surface area contributed by atoms with E-state index in [1.807, 2.05) is 103 Å². The van der Waals surface area contributed by atoms with Crippen molar-refractivity contribution in [1.29, 1.82) is 0 Å². The Morgan fingerprint density at radius 2 is 1.64 bits per heavy atom. The summed E-state index contributed by atoms with van der Waals surface area (Å²) in [5.74, 6) is -0.304. The summed E-state index contributed by atoms with van der Waals surface area (Å²) in [5, 5.41) is 8.20. The van der Waals surface area contributed by atoms with Gasteiger partial charge in [0.2, 0.25) is 11.8 Å². The molecule has 0 bridgehead atoms. The molecule has 7 nitrogen and oxygen atoms in total. The lowest BCUT2D eigenvalue weighted by Gasteiger charge is -2.37. The lowest BCUT2D eigenvalue weighted by Crippen LogP contribution is -2.52. The highest BCUT2D eigenvalue weighted by molar-refractivity contribution is 5.95. The minimum atomic E-state index is -0.708. The van der Waals surface area contributed by atoms with Gasteiger partial charge in [-0.3, -0.25) is 14.6 Å². The van der Waals surface area contributed by atoms with Crippen LogP contribution < -0.4 is 0 Å². The average molecular weight is 594 g/mol. The van der Waals surface area contributed by atoms with Gasteiger partial charge in [-0.1, -0.05) is 84.9 Å². The predicted octanol–water partition coefficient (Wildman–Crippen LogP) is 6.09. The SMILES string of the molecule is Cc1ccc(C=CC(=O)N(Cc2ccc(-c3cccnn3)cc2)[C@@H](Cc2ccccc2)C(=O)N2CCc3ccccc3C2)nc1. The molecule has 2 aromatic heterocycles. The summed E-state index contributed by atoms with van der Waals surface area (Å²) in [4.78, 5) is 36.6. The Kier molecular flexibility index (Phi) is 9.16. The zero-order valence-corrected chi connectivity index (χ0v) is 25.3. The van der Waals surface area contributed by atoms with Crippen molar-refractivity contribution in [3.05, 3.63) is 155 Å². The summed E-state index contributed by atoms with van der Waals surface area (Å²) in [7, 11) is 0. The van der Waals surface area contributed by atoms with E-state index in [0.717, 1.165) is 39.9 Å². The second kappa shape index (κ2) is 13.9. The van der Waals surface area contributed by atoms with Crippen LogP contribution in [0.5, 0.6) is 0 Å². The van der Waals surface area contributed by atoms with Crippen LogP contribution in [0, 0.1) is 6.92 Å². The lowest BCUT2D eigenvalue weighted by atomic mass is 9.97. The minimum absolute atomic E-state index is 0.0558. The summed E-state index contributed by atoms with van der Waals surface area (Å²) in [6, 6.07) is 33.0. The molecule has 0 saturated carbocycles. The van der Waals surface area contributed by atoms with Crippen molar-refractivity contribution in [2.75, 3.05) is 6.54 Å². The van der Waals surface area contributed by atoms with Crippen LogP contribution in [0.15, 0.2) is 122 Å². The van der Waals surface area contributed by atoms with Crippen molar-refractivity contribution in [1.82, 2.24) is 25.0 Å². The molecule has 1 atom stereocenters. The Morgan fingerprint density at radius 1 is 0.867 bits per heavy atom. The van der Waals surface area contributed by atoms with Crippen LogP contribution in [0.1, 0.15) is 33.5 Å². The molecule has 0 N–H and O–H groups in total. The molecule has 6 rings (SSSR count). The number of hydrogen-bond acceptors (Lipinski definition) is 5. The molecule has 7 heteroatoms. The third kappa shape index (κ3) is 7.39. The predicted molar refractivity (Wildman–Crippen MR) is 176 cm³/mol. The van der Waals surface area contributed by atoms with Gasteiger partial charge in [0.25, 0.3) is 0 Å². The first-order valence-electron chi connectivity index (χ1n) is 15.2. The number of fused-ring (bicyclic) bond motifs is 1. The van der Waals surface area contributed by atoms with E-state index in [4.69, 9.17) is 0 Å². The number of rotatable bonds is 9. The standard InChI is InChI=1S/C38H35N5O2/c1-28-13-18-34(39-25-28)19-20-37(44)43(26-30-14-16-32(17-15-30)35-12-7-22-40-41-35)36(24-29-8-3-2-4-9-29)38(45)42-23-21-31-10-5-6-11-33(31)27-42/h2-20,22,25,36H,21,23-24,26-27H2,1H3/t36-/m0/s1. The third-order valence-electron chi connectivity index (χ3n) is 8.16. The molecular weight excluding hydrogens is 558 g/mol. The Bertz CT molecular complexity index is 1770. The number of benzene rings is 3. The largest absolute Gasteiger partial charge is 0.336 e. The third-order valence-corrected chi connectivity index (χ3v) is 8.16. The molecule has 224 valence electrons. The first-order valence-corrected chi connectivity index (χ1v) is 15.2.